The second kappa shape index (κ2) is 4.65. The zero-order valence-electron chi connectivity index (χ0n) is 10.3. The fourth-order valence-electron chi connectivity index (χ4n) is 2.55. The van der Waals surface area contributed by atoms with Crippen molar-refractivity contribution in [3.63, 3.8) is 0 Å². The molecule has 0 saturated heterocycles. The topological polar surface area (TPSA) is 26.0 Å². The Morgan fingerprint density at radius 2 is 1.93 bits per heavy atom. The molecular formula is C13H27N. The first-order valence-corrected chi connectivity index (χ1v) is 6.22. The van der Waals surface area contributed by atoms with E-state index >= 15 is 0 Å². The van der Waals surface area contributed by atoms with Crippen molar-refractivity contribution in [2.45, 2.75) is 65.3 Å². The van der Waals surface area contributed by atoms with Crippen LogP contribution in [0.5, 0.6) is 0 Å². The van der Waals surface area contributed by atoms with Gasteiger partial charge in [0.25, 0.3) is 0 Å². The Hall–Kier alpha value is -0.0400. The first-order valence-electron chi connectivity index (χ1n) is 6.22. The molecule has 3 atom stereocenters. The SMILES string of the molecule is CC(C)CCC1(N)CCC(C)C(C)C1. The third-order valence-electron chi connectivity index (χ3n) is 4.02. The fourth-order valence-corrected chi connectivity index (χ4v) is 2.55. The van der Waals surface area contributed by atoms with Gasteiger partial charge in [0.2, 0.25) is 0 Å². The van der Waals surface area contributed by atoms with Crippen LogP contribution in [-0.2, 0) is 0 Å². The van der Waals surface area contributed by atoms with Gasteiger partial charge < -0.3 is 5.73 Å². The summed E-state index contributed by atoms with van der Waals surface area (Å²) in [5.41, 5.74) is 6.62. The van der Waals surface area contributed by atoms with Crippen LogP contribution in [0.3, 0.4) is 0 Å². The summed E-state index contributed by atoms with van der Waals surface area (Å²) in [5.74, 6) is 2.50. The van der Waals surface area contributed by atoms with Crippen molar-refractivity contribution in [2.24, 2.45) is 23.5 Å². The molecule has 0 aromatic carbocycles. The van der Waals surface area contributed by atoms with Gasteiger partial charge in [0, 0.05) is 5.54 Å². The van der Waals surface area contributed by atoms with Crippen molar-refractivity contribution in [1.29, 1.82) is 0 Å². The van der Waals surface area contributed by atoms with E-state index in [-0.39, 0.29) is 5.54 Å². The molecule has 1 heteroatoms. The van der Waals surface area contributed by atoms with E-state index in [1.807, 2.05) is 0 Å². The molecule has 3 unspecified atom stereocenters. The lowest BCUT2D eigenvalue weighted by atomic mass is 9.69. The van der Waals surface area contributed by atoms with Crippen LogP contribution in [0, 0.1) is 17.8 Å². The van der Waals surface area contributed by atoms with Crippen LogP contribution in [0.4, 0.5) is 0 Å². The summed E-state index contributed by atoms with van der Waals surface area (Å²) < 4.78 is 0. The highest BCUT2D eigenvalue weighted by atomic mass is 14.7. The minimum atomic E-state index is 0.163. The zero-order valence-corrected chi connectivity index (χ0v) is 10.3. The maximum absolute atomic E-state index is 6.46. The molecule has 84 valence electrons. The highest BCUT2D eigenvalue weighted by Crippen LogP contribution is 2.37. The summed E-state index contributed by atoms with van der Waals surface area (Å²) in [6.45, 7) is 9.31. The van der Waals surface area contributed by atoms with Crippen LogP contribution in [0.1, 0.15) is 59.8 Å². The summed E-state index contributed by atoms with van der Waals surface area (Å²) in [6, 6.07) is 0. The van der Waals surface area contributed by atoms with E-state index in [4.69, 9.17) is 5.73 Å². The summed E-state index contributed by atoms with van der Waals surface area (Å²) in [4.78, 5) is 0. The molecule has 0 radical (unpaired) electrons. The maximum Gasteiger partial charge on any atom is 0.0157 e. The monoisotopic (exact) mass is 197 g/mol. The molecule has 2 N–H and O–H groups in total. The third-order valence-corrected chi connectivity index (χ3v) is 4.02. The third kappa shape index (κ3) is 3.27. The highest BCUT2D eigenvalue weighted by Gasteiger charge is 2.33. The van der Waals surface area contributed by atoms with Crippen LogP contribution < -0.4 is 5.73 Å². The summed E-state index contributed by atoms with van der Waals surface area (Å²) in [5, 5.41) is 0. The molecule has 0 aliphatic heterocycles. The number of hydrogen-bond acceptors (Lipinski definition) is 1. The molecule has 1 rings (SSSR count). The summed E-state index contributed by atoms with van der Waals surface area (Å²) in [6.07, 6.45) is 6.32. The van der Waals surface area contributed by atoms with Crippen LogP contribution in [0.25, 0.3) is 0 Å². The number of rotatable bonds is 3. The molecule has 14 heavy (non-hydrogen) atoms. The summed E-state index contributed by atoms with van der Waals surface area (Å²) in [7, 11) is 0. The van der Waals surface area contributed by atoms with Crippen molar-refractivity contribution in [1.82, 2.24) is 0 Å². The molecule has 1 aliphatic rings. The lowest BCUT2D eigenvalue weighted by molar-refractivity contribution is 0.161. The molecule has 1 fully saturated rings. The molecule has 0 amide bonds. The van der Waals surface area contributed by atoms with Crippen LogP contribution in [-0.4, -0.2) is 5.54 Å². The first kappa shape index (κ1) is 12.0. The Kier molecular flexibility index (Phi) is 4.00. The predicted molar refractivity (Wildman–Crippen MR) is 63.2 cm³/mol. The quantitative estimate of drug-likeness (QED) is 0.735. The van der Waals surface area contributed by atoms with Gasteiger partial charge in [-0.25, -0.2) is 0 Å². The van der Waals surface area contributed by atoms with Gasteiger partial charge in [-0.3, -0.25) is 0 Å². The van der Waals surface area contributed by atoms with E-state index in [2.05, 4.69) is 27.7 Å². The van der Waals surface area contributed by atoms with Crippen molar-refractivity contribution in [2.75, 3.05) is 0 Å². The smallest absolute Gasteiger partial charge is 0.0157 e. The normalized spacial score (nSPS) is 39.0. The van der Waals surface area contributed by atoms with Gasteiger partial charge in [-0.2, -0.15) is 0 Å². The van der Waals surface area contributed by atoms with E-state index in [0.29, 0.717) is 0 Å². The van der Waals surface area contributed by atoms with Gasteiger partial charge in [-0.1, -0.05) is 27.7 Å². The largest absolute Gasteiger partial charge is 0.325 e. The van der Waals surface area contributed by atoms with E-state index in [9.17, 15) is 0 Å². The maximum atomic E-state index is 6.46. The van der Waals surface area contributed by atoms with Crippen LogP contribution >= 0.6 is 0 Å². The van der Waals surface area contributed by atoms with Crippen molar-refractivity contribution >= 4 is 0 Å². The molecule has 1 aliphatic carbocycles. The molecule has 0 spiro atoms. The Balaban J connectivity index is 2.41. The molecule has 0 heterocycles. The molecule has 1 saturated carbocycles. The minimum Gasteiger partial charge on any atom is -0.325 e. The lowest BCUT2D eigenvalue weighted by Gasteiger charge is -2.40. The molecule has 0 aromatic heterocycles. The van der Waals surface area contributed by atoms with Crippen LogP contribution in [0.15, 0.2) is 0 Å². The Labute approximate surface area is 89.5 Å². The predicted octanol–water partition coefficient (Wildman–Crippen LogP) is 3.58. The zero-order chi connectivity index (χ0) is 10.8. The number of nitrogens with two attached hydrogens (primary N) is 1. The first-order chi connectivity index (χ1) is 6.43. The van der Waals surface area contributed by atoms with Gasteiger partial charge >= 0.3 is 0 Å². The second-order valence-corrected chi connectivity index (χ2v) is 5.99. The minimum absolute atomic E-state index is 0.163. The van der Waals surface area contributed by atoms with Crippen LogP contribution in [0.2, 0.25) is 0 Å². The molecule has 1 nitrogen and oxygen atoms in total. The van der Waals surface area contributed by atoms with Crippen molar-refractivity contribution < 1.29 is 0 Å². The standard InChI is InChI=1S/C13H27N/c1-10(2)5-7-13(14)8-6-11(3)12(4)9-13/h10-12H,5-9,14H2,1-4H3. The number of hydrogen-bond donors (Lipinski definition) is 1. The molecular weight excluding hydrogens is 170 g/mol. The Bertz CT molecular complexity index is 176. The van der Waals surface area contributed by atoms with E-state index in [1.54, 1.807) is 0 Å². The summed E-state index contributed by atoms with van der Waals surface area (Å²) >= 11 is 0. The fraction of sp³-hybridized carbons (Fsp3) is 1.00. The lowest BCUT2D eigenvalue weighted by Crippen LogP contribution is -2.46. The van der Waals surface area contributed by atoms with E-state index in [1.165, 1.54) is 32.1 Å². The van der Waals surface area contributed by atoms with E-state index < -0.39 is 0 Å². The molecule has 0 aromatic rings. The average Bonchev–Trinajstić information content (AvgIpc) is 2.09. The van der Waals surface area contributed by atoms with Crippen molar-refractivity contribution in [3.05, 3.63) is 0 Å². The average molecular weight is 197 g/mol. The molecule has 0 bridgehead atoms. The Morgan fingerprint density at radius 1 is 1.29 bits per heavy atom. The van der Waals surface area contributed by atoms with Gasteiger partial charge in [0.05, 0.1) is 0 Å². The van der Waals surface area contributed by atoms with Gasteiger partial charge in [0.15, 0.2) is 0 Å². The van der Waals surface area contributed by atoms with Gasteiger partial charge in [0.1, 0.15) is 0 Å². The van der Waals surface area contributed by atoms with E-state index in [0.717, 1.165) is 17.8 Å². The Morgan fingerprint density at radius 3 is 2.43 bits per heavy atom. The van der Waals surface area contributed by atoms with Gasteiger partial charge in [-0.15, -0.1) is 0 Å². The van der Waals surface area contributed by atoms with Crippen molar-refractivity contribution in [3.8, 4) is 0 Å². The van der Waals surface area contributed by atoms with Gasteiger partial charge in [-0.05, 0) is 49.9 Å². The second-order valence-electron chi connectivity index (χ2n) is 5.99. The highest BCUT2D eigenvalue weighted by molar-refractivity contribution is 4.91.